The largest absolute Gasteiger partial charge is 0.378 e. The molecule has 1 amide bonds. The number of hydrogen-bond donors (Lipinski definition) is 1. The third-order valence-corrected chi connectivity index (χ3v) is 5.27. The van der Waals surface area contributed by atoms with Gasteiger partial charge < -0.3 is 15.0 Å². The van der Waals surface area contributed by atoms with Gasteiger partial charge in [-0.3, -0.25) is 4.79 Å². The quantitative estimate of drug-likeness (QED) is 0.869. The zero-order chi connectivity index (χ0) is 15.5. The Bertz CT molecular complexity index is 629. The number of morpholine rings is 1. The molecule has 1 saturated heterocycles. The van der Waals surface area contributed by atoms with Crippen LogP contribution in [0.3, 0.4) is 0 Å². The van der Waals surface area contributed by atoms with Gasteiger partial charge in [0.25, 0.3) is 0 Å². The smallest absolute Gasteiger partial charge is 0.224 e. The number of fused-ring (bicyclic) bond motifs is 1. The fraction of sp³-hybridized carbons (Fsp3) is 0.500. The van der Waals surface area contributed by atoms with Crippen molar-refractivity contribution in [3.8, 4) is 0 Å². The zero-order valence-corrected chi connectivity index (χ0v) is 16.2. The lowest BCUT2D eigenvalue weighted by Gasteiger charge is -2.28. The van der Waals surface area contributed by atoms with Gasteiger partial charge in [-0.15, -0.1) is 36.2 Å². The van der Waals surface area contributed by atoms with Crippen LogP contribution in [-0.4, -0.2) is 48.6 Å². The minimum absolute atomic E-state index is 0. The molecule has 3 rings (SSSR count). The Labute approximate surface area is 158 Å². The molecule has 0 saturated carbocycles. The normalized spacial score (nSPS) is 18.3. The number of carbonyl (C=O) groups excluding carboxylic acids is 1. The van der Waals surface area contributed by atoms with E-state index in [2.05, 4.69) is 16.4 Å². The van der Waals surface area contributed by atoms with Crippen molar-refractivity contribution in [2.75, 3.05) is 26.8 Å². The molecule has 0 spiro atoms. The Morgan fingerprint density at radius 3 is 2.88 bits per heavy atom. The molecule has 1 aromatic carbocycles. The van der Waals surface area contributed by atoms with Crippen molar-refractivity contribution in [3.05, 3.63) is 29.3 Å². The highest BCUT2D eigenvalue weighted by Gasteiger charge is 2.24. The van der Waals surface area contributed by atoms with Gasteiger partial charge in [-0.25, -0.2) is 4.98 Å². The molecule has 8 heteroatoms. The summed E-state index contributed by atoms with van der Waals surface area (Å²) in [5.41, 5.74) is 0.998. The van der Waals surface area contributed by atoms with Crippen LogP contribution in [0.25, 0.3) is 10.2 Å². The van der Waals surface area contributed by atoms with Gasteiger partial charge in [0.05, 0.1) is 29.5 Å². The second-order valence-electron chi connectivity index (χ2n) is 5.63. The molecule has 1 fully saturated rings. The molecule has 0 radical (unpaired) electrons. The van der Waals surface area contributed by atoms with E-state index in [1.807, 2.05) is 32.2 Å². The number of carbonyl (C=O) groups is 1. The predicted molar refractivity (Wildman–Crippen MR) is 103 cm³/mol. The molecule has 2 aromatic rings. The number of halogens is 2. The third-order valence-electron chi connectivity index (χ3n) is 4.06. The van der Waals surface area contributed by atoms with Crippen LogP contribution < -0.4 is 5.32 Å². The van der Waals surface area contributed by atoms with E-state index in [9.17, 15) is 4.79 Å². The van der Waals surface area contributed by atoms with E-state index in [1.165, 1.54) is 0 Å². The molecular formula is C16H23Cl2N3O2S. The van der Waals surface area contributed by atoms with Gasteiger partial charge in [-0.2, -0.15) is 0 Å². The monoisotopic (exact) mass is 391 g/mol. The lowest BCUT2D eigenvalue weighted by atomic mass is 10.1. The predicted octanol–water partition coefficient (Wildman–Crippen LogP) is 3.04. The van der Waals surface area contributed by atoms with Crippen LogP contribution in [0.2, 0.25) is 0 Å². The first-order valence-corrected chi connectivity index (χ1v) is 8.39. The molecule has 2 unspecified atom stereocenters. The number of rotatable bonds is 4. The fourth-order valence-corrected chi connectivity index (χ4v) is 3.62. The van der Waals surface area contributed by atoms with Gasteiger partial charge in [0.15, 0.2) is 0 Å². The van der Waals surface area contributed by atoms with E-state index in [0.29, 0.717) is 13.0 Å². The summed E-state index contributed by atoms with van der Waals surface area (Å²) >= 11 is 1.65. The molecule has 2 atom stereocenters. The summed E-state index contributed by atoms with van der Waals surface area (Å²) in [6.45, 7) is 4.17. The Morgan fingerprint density at radius 2 is 2.21 bits per heavy atom. The van der Waals surface area contributed by atoms with Gasteiger partial charge in [0.1, 0.15) is 5.01 Å². The number of ether oxygens (including phenoxy) is 1. The summed E-state index contributed by atoms with van der Waals surface area (Å²) < 4.78 is 6.56. The highest BCUT2D eigenvalue weighted by Crippen LogP contribution is 2.29. The SMILES string of the molecule is CC(c1nc2ccccc2s1)N(C)C(=O)CC1COCCN1.Cl.Cl. The molecule has 1 aromatic heterocycles. The maximum absolute atomic E-state index is 12.4. The Kier molecular flexibility index (Phi) is 8.39. The number of benzene rings is 1. The van der Waals surface area contributed by atoms with Crippen molar-refractivity contribution in [2.45, 2.75) is 25.4 Å². The van der Waals surface area contributed by atoms with Crippen molar-refractivity contribution in [1.82, 2.24) is 15.2 Å². The summed E-state index contributed by atoms with van der Waals surface area (Å²) in [4.78, 5) is 18.9. The zero-order valence-electron chi connectivity index (χ0n) is 13.7. The van der Waals surface area contributed by atoms with Crippen LogP contribution in [0.1, 0.15) is 24.4 Å². The Hall–Kier alpha value is -0.920. The lowest BCUT2D eigenvalue weighted by molar-refractivity contribution is -0.133. The summed E-state index contributed by atoms with van der Waals surface area (Å²) in [6.07, 6.45) is 0.464. The molecule has 0 bridgehead atoms. The van der Waals surface area contributed by atoms with Crippen molar-refractivity contribution >= 4 is 52.3 Å². The lowest BCUT2D eigenvalue weighted by Crippen LogP contribution is -2.44. The minimum atomic E-state index is -0.0191. The van der Waals surface area contributed by atoms with E-state index in [4.69, 9.17) is 4.74 Å². The number of amides is 1. The third kappa shape index (κ3) is 4.80. The van der Waals surface area contributed by atoms with Gasteiger partial charge in [0.2, 0.25) is 5.91 Å². The topological polar surface area (TPSA) is 54.5 Å². The van der Waals surface area contributed by atoms with E-state index < -0.39 is 0 Å². The number of hydrogen-bond acceptors (Lipinski definition) is 5. The average Bonchev–Trinajstić information content (AvgIpc) is 2.98. The molecule has 2 heterocycles. The Morgan fingerprint density at radius 1 is 1.46 bits per heavy atom. The molecule has 0 aliphatic carbocycles. The van der Waals surface area contributed by atoms with Gasteiger partial charge in [-0.1, -0.05) is 12.1 Å². The number of aromatic nitrogens is 1. The first-order chi connectivity index (χ1) is 10.6. The molecule has 1 aliphatic heterocycles. The van der Waals surface area contributed by atoms with Crippen LogP contribution in [-0.2, 0) is 9.53 Å². The number of nitrogens with zero attached hydrogens (tertiary/aromatic N) is 2. The fourth-order valence-electron chi connectivity index (χ4n) is 2.56. The van der Waals surface area contributed by atoms with E-state index in [1.54, 1.807) is 16.2 Å². The maximum Gasteiger partial charge on any atom is 0.224 e. The van der Waals surface area contributed by atoms with Crippen molar-refractivity contribution in [1.29, 1.82) is 0 Å². The minimum Gasteiger partial charge on any atom is -0.378 e. The van der Waals surface area contributed by atoms with Crippen LogP contribution >= 0.6 is 36.2 Å². The summed E-state index contributed by atoms with van der Waals surface area (Å²) in [6, 6.07) is 8.17. The van der Waals surface area contributed by atoms with Gasteiger partial charge in [-0.05, 0) is 19.1 Å². The molecule has 134 valence electrons. The first-order valence-electron chi connectivity index (χ1n) is 7.57. The summed E-state index contributed by atoms with van der Waals surface area (Å²) in [5.74, 6) is 0.120. The van der Waals surface area contributed by atoms with Crippen LogP contribution in [0.15, 0.2) is 24.3 Å². The van der Waals surface area contributed by atoms with E-state index >= 15 is 0 Å². The second kappa shape index (κ2) is 9.53. The van der Waals surface area contributed by atoms with E-state index in [-0.39, 0.29) is 42.8 Å². The number of nitrogens with one attached hydrogen (secondary N) is 1. The standard InChI is InChI=1S/C16H21N3O2S.2ClH/c1-11(16-18-13-5-3-4-6-14(13)22-16)19(2)15(20)9-12-10-21-8-7-17-12;;/h3-6,11-12,17H,7-10H2,1-2H3;2*1H. The molecular weight excluding hydrogens is 369 g/mol. The number of thiazole rings is 1. The van der Waals surface area contributed by atoms with E-state index in [0.717, 1.165) is 28.4 Å². The van der Waals surface area contributed by atoms with Crippen LogP contribution in [0.5, 0.6) is 0 Å². The molecule has 1 N–H and O–H groups in total. The highest BCUT2D eigenvalue weighted by atomic mass is 35.5. The summed E-state index contributed by atoms with van der Waals surface area (Å²) in [7, 11) is 1.85. The molecule has 1 aliphatic rings. The van der Waals surface area contributed by atoms with Crippen LogP contribution in [0, 0.1) is 0 Å². The maximum atomic E-state index is 12.4. The van der Waals surface area contributed by atoms with Crippen molar-refractivity contribution in [3.63, 3.8) is 0 Å². The Balaban J connectivity index is 0.00000144. The average molecular weight is 392 g/mol. The first kappa shape index (κ1) is 21.1. The van der Waals surface area contributed by atoms with Crippen molar-refractivity contribution < 1.29 is 9.53 Å². The highest BCUT2D eigenvalue weighted by molar-refractivity contribution is 7.18. The van der Waals surface area contributed by atoms with Crippen LogP contribution in [0.4, 0.5) is 0 Å². The molecule has 24 heavy (non-hydrogen) atoms. The van der Waals surface area contributed by atoms with Crippen molar-refractivity contribution in [2.24, 2.45) is 0 Å². The second-order valence-corrected chi connectivity index (χ2v) is 6.69. The summed E-state index contributed by atoms with van der Waals surface area (Å²) in [5, 5.41) is 4.30. The van der Waals surface area contributed by atoms with Gasteiger partial charge in [0, 0.05) is 26.1 Å². The molecule has 5 nitrogen and oxygen atoms in total. The number of para-hydroxylation sites is 1. The van der Waals surface area contributed by atoms with Gasteiger partial charge >= 0.3 is 0 Å².